The largest absolute Gasteiger partial charge is 0.297 e. The van der Waals surface area contributed by atoms with Crippen LogP contribution in [0, 0.1) is 0 Å². The summed E-state index contributed by atoms with van der Waals surface area (Å²) in [6.07, 6.45) is 13.5. The van der Waals surface area contributed by atoms with Crippen LogP contribution in [0.3, 0.4) is 0 Å². The summed E-state index contributed by atoms with van der Waals surface area (Å²) in [5.41, 5.74) is 12.1. The summed E-state index contributed by atoms with van der Waals surface area (Å²) in [6, 6.07) is 98.1. The molecule has 6 heteroatoms. The fraction of sp³-hybridized carbons (Fsp3) is 0.231. The number of hydrogen-bond acceptors (Lipinski definition) is 6. The molecular formula is C78H84N6. The Labute approximate surface area is 502 Å². The topological polar surface area (TPSA) is 19.4 Å². The normalized spacial score (nSPS) is 16.0. The molecule has 12 rings (SSSR count). The summed E-state index contributed by atoms with van der Waals surface area (Å²) in [5, 5.41) is 0. The van der Waals surface area contributed by atoms with E-state index in [9.17, 15) is 0 Å². The lowest BCUT2D eigenvalue weighted by atomic mass is 9.96. The lowest BCUT2D eigenvalue weighted by molar-refractivity contribution is 0.118. The van der Waals surface area contributed by atoms with Crippen molar-refractivity contribution in [1.82, 2.24) is 29.4 Å². The van der Waals surface area contributed by atoms with Crippen molar-refractivity contribution in [1.29, 1.82) is 0 Å². The summed E-state index contributed by atoms with van der Waals surface area (Å²) >= 11 is 0. The molecule has 3 saturated heterocycles. The van der Waals surface area contributed by atoms with E-state index >= 15 is 0 Å². The molecule has 426 valence electrons. The molecule has 84 heavy (non-hydrogen) atoms. The van der Waals surface area contributed by atoms with Crippen LogP contribution in [-0.2, 0) is 0 Å². The van der Waals surface area contributed by atoms with E-state index < -0.39 is 0 Å². The molecule has 3 aliphatic heterocycles. The van der Waals surface area contributed by atoms with E-state index in [-0.39, 0.29) is 0 Å². The minimum absolute atomic E-state index is 0.337. The molecule has 0 spiro atoms. The molecule has 0 amide bonds. The first-order valence-corrected chi connectivity index (χ1v) is 30.5. The Hall–Kier alpha value is -8.04. The average Bonchev–Trinajstić information content (AvgIpc) is 3.70. The Morgan fingerprint density at radius 2 is 0.381 bits per heavy atom. The van der Waals surface area contributed by atoms with Crippen molar-refractivity contribution in [2.45, 2.75) is 18.1 Å². The van der Waals surface area contributed by atoms with Crippen molar-refractivity contribution < 1.29 is 0 Å². The smallest absolute Gasteiger partial charge is 0.0602 e. The SMILES string of the molecule is C(=C\c1ccccc1)/CN1CCN(C(c2ccccc2)c2ccccc2)CC1.C(=C\c1ccccc1)/CN1CCN(C(c2ccccc2)c2ccccc2)CC1.C(=C\c1ccccc1)/CN1CCN(C(c2ccccc2)c2ccccc2)CC1. The van der Waals surface area contributed by atoms with Crippen LogP contribution in [0.1, 0.15) is 68.2 Å². The predicted molar refractivity (Wildman–Crippen MR) is 355 cm³/mol. The molecule has 3 heterocycles. The molecule has 6 nitrogen and oxygen atoms in total. The summed E-state index contributed by atoms with van der Waals surface area (Å²) < 4.78 is 0. The highest BCUT2D eigenvalue weighted by Crippen LogP contribution is 2.32. The molecule has 0 radical (unpaired) electrons. The Morgan fingerprint density at radius 1 is 0.214 bits per heavy atom. The van der Waals surface area contributed by atoms with Gasteiger partial charge in [0, 0.05) is 98.2 Å². The maximum atomic E-state index is 2.63. The minimum atomic E-state index is 0.337. The monoisotopic (exact) mass is 1100 g/mol. The van der Waals surface area contributed by atoms with Gasteiger partial charge in [-0.1, -0.05) is 309 Å². The molecule has 0 N–H and O–H groups in total. The van der Waals surface area contributed by atoms with Crippen molar-refractivity contribution in [3.8, 4) is 0 Å². The molecule has 9 aromatic carbocycles. The van der Waals surface area contributed by atoms with E-state index in [1.54, 1.807) is 0 Å². The van der Waals surface area contributed by atoms with Crippen LogP contribution in [0.5, 0.6) is 0 Å². The molecule has 3 fully saturated rings. The van der Waals surface area contributed by atoms with Crippen molar-refractivity contribution in [2.75, 3.05) is 98.2 Å². The number of nitrogens with zero attached hydrogens (tertiary/aromatic N) is 6. The zero-order chi connectivity index (χ0) is 57.1. The van der Waals surface area contributed by atoms with Gasteiger partial charge in [-0.3, -0.25) is 29.4 Å². The fourth-order valence-electron chi connectivity index (χ4n) is 12.0. The molecule has 3 aliphatic rings. The van der Waals surface area contributed by atoms with Crippen LogP contribution >= 0.6 is 0 Å². The number of benzene rings is 9. The summed E-state index contributed by atoms with van der Waals surface area (Å²) in [7, 11) is 0. The van der Waals surface area contributed by atoms with Crippen LogP contribution in [0.4, 0.5) is 0 Å². The first-order chi connectivity index (χ1) is 41.7. The van der Waals surface area contributed by atoms with Gasteiger partial charge in [-0.2, -0.15) is 0 Å². The predicted octanol–water partition coefficient (Wildman–Crippen LogP) is 15.3. The van der Waals surface area contributed by atoms with Crippen molar-refractivity contribution in [3.05, 3.63) is 341 Å². The molecule has 0 bridgehead atoms. The Bertz CT molecular complexity index is 2790. The second kappa shape index (κ2) is 32.7. The van der Waals surface area contributed by atoms with Crippen LogP contribution < -0.4 is 0 Å². The van der Waals surface area contributed by atoms with E-state index in [1.807, 2.05) is 0 Å². The quantitative estimate of drug-likeness (QED) is 0.0847. The Morgan fingerprint density at radius 3 is 0.560 bits per heavy atom. The Balaban J connectivity index is 0.000000140. The minimum Gasteiger partial charge on any atom is -0.297 e. The van der Waals surface area contributed by atoms with Gasteiger partial charge in [-0.05, 0) is 50.1 Å². The highest BCUT2D eigenvalue weighted by atomic mass is 15.3. The highest BCUT2D eigenvalue weighted by Gasteiger charge is 2.29. The second-order valence-electron chi connectivity index (χ2n) is 22.1. The van der Waals surface area contributed by atoms with Gasteiger partial charge in [0.25, 0.3) is 0 Å². The number of hydrogen-bond donors (Lipinski definition) is 0. The molecule has 0 atom stereocenters. The average molecular weight is 1110 g/mol. The molecule has 0 aliphatic carbocycles. The van der Waals surface area contributed by atoms with Gasteiger partial charge in [0.2, 0.25) is 0 Å². The third kappa shape index (κ3) is 18.0. The lowest BCUT2D eigenvalue weighted by Gasteiger charge is -2.39. The van der Waals surface area contributed by atoms with Crippen LogP contribution in [0.15, 0.2) is 291 Å². The maximum absolute atomic E-state index is 2.63. The number of rotatable bonds is 18. The Kier molecular flexibility index (Phi) is 23.0. The third-order valence-corrected chi connectivity index (χ3v) is 16.4. The zero-order valence-electron chi connectivity index (χ0n) is 49.0. The van der Waals surface area contributed by atoms with Gasteiger partial charge in [-0.25, -0.2) is 0 Å². The van der Waals surface area contributed by atoms with Gasteiger partial charge in [0.15, 0.2) is 0 Å². The lowest BCUT2D eigenvalue weighted by Crippen LogP contribution is -2.47. The van der Waals surface area contributed by atoms with E-state index in [2.05, 4.69) is 339 Å². The molecule has 0 aromatic heterocycles. The van der Waals surface area contributed by atoms with Crippen molar-refractivity contribution in [3.63, 3.8) is 0 Å². The van der Waals surface area contributed by atoms with Gasteiger partial charge in [0.1, 0.15) is 0 Å². The van der Waals surface area contributed by atoms with E-state index in [1.165, 1.54) is 50.1 Å². The van der Waals surface area contributed by atoms with Crippen LogP contribution in [0.2, 0.25) is 0 Å². The number of piperazine rings is 3. The van der Waals surface area contributed by atoms with Gasteiger partial charge in [-0.15, -0.1) is 0 Å². The third-order valence-electron chi connectivity index (χ3n) is 16.4. The standard InChI is InChI=1S/3C26H28N2/c3*1-4-11-23(12-5-1)13-10-18-27-19-21-28(22-20-27)26(24-14-6-2-7-15-24)25-16-8-3-9-17-25/h3*1-17,26H,18-22H2/b3*13-10+. The van der Waals surface area contributed by atoms with E-state index in [4.69, 9.17) is 0 Å². The maximum Gasteiger partial charge on any atom is 0.0602 e. The first-order valence-electron chi connectivity index (χ1n) is 30.5. The molecule has 0 saturated carbocycles. The molecule has 9 aromatic rings. The van der Waals surface area contributed by atoms with Gasteiger partial charge >= 0.3 is 0 Å². The fourth-order valence-corrected chi connectivity index (χ4v) is 12.0. The van der Waals surface area contributed by atoms with Crippen molar-refractivity contribution >= 4 is 18.2 Å². The van der Waals surface area contributed by atoms with Gasteiger partial charge < -0.3 is 0 Å². The highest BCUT2D eigenvalue weighted by molar-refractivity contribution is 5.50. The second-order valence-corrected chi connectivity index (χ2v) is 22.1. The van der Waals surface area contributed by atoms with Crippen molar-refractivity contribution in [2.24, 2.45) is 0 Å². The van der Waals surface area contributed by atoms with Crippen LogP contribution in [-0.4, -0.2) is 128 Å². The summed E-state index contributed by atoms with van der Waals surface area (Å²) in [5.74, 6) is 0. The first kappa shape index (κ1) is 59.1. The van der Waals surface area contributed by atoms with Crippen LogP contribution in [0.25, 0.3) is 18.2 Å². The molecular weight excluding hydrogens is 1020 g/mol. The summed E-state index contributed by atoms with van der Waals surface area (Å²) in [6.45, 7) is 16.2. The molecule has 0 unspecified atom stereocenters. The van der Waals surface area contributed by atoms with Gasteiger partial charge in [0.05, 0.1) is 18.1 Å². The van der Waals surface area contributed by atoms with E-state index in [0.717, 1.165) is 98.2 Å². The van der Waals surface area contributed by atoms with E-state index in [0.29, 0.717) is 18.1 Å². The summed E-state index contributed by atoms with van der Waals surface area (Å²) in [4.78, 5) is 15.5. The zero-order valence-corrected chi connectivity index (χ0v) is 49.0.